The van der Waals surface area contributed by atoms with Gasteiger partial charge in [-0.1, -0.05) is 32.0 Å². The Morgan fingerprint density at radius 1 is 1.03 bits per heavy atom. The molecule has 6 heteroatoms. The molecule has 29 heavy (non-hydrogen) atoms. The average molecular weight is 389 g/mol. The van der Waals surface area contributed by atoms with Gasteiger partial charge in [-0.3, -0.25) is 9.78 Å². The molecule has 0 bridgehead atoms. The first-order valence-electron chi connectivity index (χ1n) is 9.54. The highest BCUT2D eigenvalue weighted by Gasteiger charge is 2.15. The van der Waals surface area contributed by atoms with E-state index in [4.69, 9.17) is 9.47 Å². The van der Waals surface area contributed by atoms with Gasteiger partial charge in [0.05, 0.1) is 17.4 Å². The molecule has 1 aliphatic heterocycles. The number of aromatic nitrogens is 1. The first kappa shape index (κ1) is 18.8. The Kier molecular flexibility index (Phi) is 5.08. The van der Waals surface area contributed by atoms with Gasteiger partial charge in [-0.25, -0.2) is 0 Å². The van der Waals surface area contributed by atoms with Crippen LogP contribution < -0.4 is 20.1 Å². The number of fused-ring (bicyclic) bond motifs is 1. The number of nitrogens with one attached hydrogen (secondary N) is 2. The summed E-state index contributed by atoms with van der Waals surface area (Å²) >= 11 is 0. The van der Waals surface area contributed by atoms with Crippen molar-refractivity contribution in [2.24, 2.45) is 0 Å². The number of rotatable bonds is 5. The van der Waals surface area contributed by atoms with Crippen LogP contribution >= 0.6 is 0 Å². The number of hydrogen-bond acceptors (Lipinski definition) is 5. The number of anilines is 3. The number of benzene rings is 2. The zero-order chi connectivity index (χ0) is 20.4. The van der Waals surface area contributed by atoms with Gasteiger partial charge >= 0.3 is 0 Å². The van der Waals surface area contributed by atoms with Crippen molar-refractivity contribution in [3.63, 3.8) is 0 Å². The van der Waals surface area contributed by atoms with Gasteiger partial charge in [0.2, 0.25) is 6.79 Å². The number of aryl methyl sites for hydroxylation is 1. The van der Waals surface area contributed by atoms with Crippen molar-refractivity contribution in [1.29, 1.82) is 0 Å². The number of ether oxygens (including phenoxy) is 2. The Morgan fingerprint density at radius 2 is 1.86 bits per heavy atom. The molecule has 6 nitrogen and oxygen atoms in total. The minimum absolute atomic E-state index is 0.192. The highest BCUT2D eigenvalue weighted by atomic mass is 16.7. The van der Waals surface area contributed by atoms with Crippen LogP contribution in [0.1, 0.15) is 41.3 Å². The van der Waals surface area contributed by atoms with Gasteiger partial charge in [0, 0.05) is 23.6 Å². The van der Waals surface area contributed by atoms with Crippen molar-refractivity contribution in [3.8, 4) is 11.5 Å². The monoisotopic (exact) mass is 389 g/mol. The molecule has 0 unspecified atom stereocenters. The summed E-state index contributed by atoms with van der Waals surface area (Å²) in [5, 5.41) is 6.31. The van der Waals surface area contributed by atoms with Crippen LogP contribution in [0.3, 0.4) is 0 Å². The van der Waals surface area contributed by atoms with Crippen LogP contribution in [0.5, 0.6) is 11.5 Å². The summed E-state index contributed by atoms with van der Waals surface area (Å²) in [4.78, 5) is 17.1. The van der Waals surface area contributed by atoms with Gasteiger partial charge < -0.3 is 20.1 Å². The topological polar surface area (TPSA) is 72.5 Å². The smallest absolute Gasteiger partial charge is 0.257 e. The second-order valence-corrected chi connectivity index (χ2v) is 7.30. The number of amides is 1. The van der Waals surface area contributed by atoms with E-state index in [1.165, 1.54) is 0 Å². The molecule has 0 aliphatic carbocycles. The highest BCUT2D eigenvalue weighted by Crippen LogP contribution is 2.35. The van der Waals surface area contributed by atoms with Crippen molar-refractivity contribution < 1.29 is 14.3 Å². The maximum atomic E-state index is 12.9. The fraction of sp³-hybridized carbons (Fsp3) is 0.217. The SMILES string of the molecule is Cc1cccc(C(C)C)c1NC(=O)c1cncc(Nc2ccc3c(c2)OCO3)c1. The molecule has 0 atom stereocenters. The van der Waals surface area contributed by atoms with E-state index in [9.17, 15) is 4.79 Å². The molecule has 0 radical (unpaired) electrons. The van der Waals surface area contributed by atoms with Crippen LogP contribution in [0.4, 0.5) is 17.1 Å². The molecule has 0 saturated heterocycles. The first-order valence-corrected chi connectivity index (χ1v) is 9.54. The van der Waals surface area contributed by atoms with E-state index in [2.05, 4.69) is 29.5 Å². The summed E-state index contributed by atoms with van der Waals surface area (Å²) in [6.45, 7) is 6.45. The Bertz CT molecular complexity index is 1060. The van der Waals surface area contributed by atoms with Crippen molar-refractivity contribution in [3.05, 3.63) is 71.5 Å². The molecule has 2 aromatic carbocycles. The van der Waals surface area contributed by atoms with Crippen LogP contribution in [0.15, 0.2) is 54.9 Å². The van der Waals surface area contributed by atoms with E-state index in [0.717, 1.165) is 28.3 Å². The Hall–Kier alpha value is -3.54. The van der Waals surface area contributed by atoms with Crippen LogP contribution in [0, 0.1) is 6.92 Å². The zero-order valence-electron chi connectivity index (χ0n) is 16.7. The standard InChI is InChI=1S/C23H23N3O3/c1-14(2)19-6-4-5-15(3)22(19)26-23(27)16-9-18(12-24-11-16)25-17-7-8-20-21(10-17)29-13-28-20/h4-12,14,25H,13H2,1-3H3,(H,26,27). The van der Waals surface area contributed by atoms with Gasteiger partial charge in [0.15, 0.2) is 11.5 Å². The summed E-state index contributed by atoms with van der Waals surface area (Å²) in [7, 11) is 0. The first-order chi connectivity index (χ1) is 14.0. The molecule has 2 N–H and O–H groups in total. The maximum Gasteiger partial charge on any atom is 0.257 e. The van der Waals surface area contributed by atoms with E-state index < -0.39 is 0 Å². The predicted octanol–water partition coefficient (Wildman–Crippen LogP) is 5.24. The summed E-state index contributed by atoms with van der Waals surface area (Å²) in [5.74, 6) is 1.53. The predicted molar refractivity (Wildman–Crippen MR) is 113 cm³/mol. The number of nitrogens with zero attached hydrogens (tertiary/aromatic N) is 1. The lowest BCUT2D eigenvalue weighted by molar-refractivity contribution is 0.102. The van der Waals surface area contributed by atoms with Crippen molar-refractivity contribution >= 4 is 23.0 Å². The van der Waals surface area contributed by atoms with Gasteiger partial charge in [-0.2, -0.15) is 0 Å². The largest absolute Gasteiger partial charge is 0.454 e. The number of carbonyl (C=O) groups excluding carboxylic acids is 1. The molecular formula is C23H23N3O3. The van der Waals surface area contributed by atoms with Gasteiger partial charge in [-0.05, 0) is 42.2 Å². The average Bonchev–Trinajstić information content (AvgIpc) is 3.17. The minimum Gasteiger partial charge on any atom is -0.454 e. The lowest BCUT2D eigenvalue weighted by Crippen LogP contribution is -2.15. The molecule has 2 heterocycles. The quantitative estimate of drug-likeness (QED) is 0.624. The van der Waals surface area contributed by atoms with E-state index in [1.54, 1.807) is 18.5 Å². The molecule has 1 amide bonds. The third-order valence-electron chi connectivity index (χ3n) is 4.83. The molecule has 0 saturated carbocycles. The normalized spacial score (nSPS) is 12.1. The molecular weight excluding hydrogens is 366 g/mol. The second kappa shape index (κ2) is 7.83. The van der Waals surface area contributed by atoms with E-state index in [-0.39, 0.29) is 12.7 Å². The van der Waals surface area contributed by atoms with Gasteiger partial charge in [-0.15, -0.1) is 0 Å². The molecule has 1 aromatic heterocycles. The summed E-state index contributed by atoms with van der Waals surface area (Å²) < 4.78 is 10.7. The van der Waals surface area contributed by atoms with Gasteiger partial charge in [0.1, 0.15) is 0 Å². The van der Waals surface area contributed by atoms with E-state index in [0.29, 0.717) is 22.9 Å². The number of pyridine rings is 1. The molecule has 3 aromatic rings. The van der Waals surface area contributed by atoms with Crippen LogP contribution in [-0.4, -0.2) is 17.7 Å². The summed E-state index contributed by atoms with van der Waals surface area (Å²) in [5.41, 5.74) is 5.03. The fourth-order valence-electron chi connectivity index (χ4n) is 3.30. The second-order valence-electron chi connectivity index (χ2n) is 7.30. The number of para-hydroxylation sites is 1. The zero-order valence-corrected chi connectivity index (χ0v) is 16.7. The number of carbonyl (C=O) groups is 1. The van der Waals surface area contributed by atoms with Crippen molar-refractivity contribution in [2.45, 2.75) is 26.7 Å². The highest BCUT2D eigenvalue weighted by molar-refractivity contribution is 6.05. The van der Waals surface area contributed by atoms with E-state index >= 15 is 0 Å². The third kappa shape index (κ3) is 4.01. The van der Waals surface area contributed by atoms with Crippen molar-refractivity contribution in [1.82, 2.24) is 4.98 Å². The molecule has 4 rings (SSSR count). The summed E-state index contributed by atoms with van der Waals surface area (Å²) in [6, 6.07) is 13.4. The Labute approximate surface area is 169 Å². The molecule has 0 spiro atoms. The lowest BCUT2D eigenvalue weighted by Gasteiger charge is -2.16. The number of hydrogen-bond donors (Lipinski definition) is 2. The fourth-order valence-corrected chi connectivity index (χ4v) is 3.30. The van der Waals surface area contributed by atoms with Crippen molar-refractivity contribution in [2.75, 3.05) is 17.4 Å². The van der Waals surface area contributed by atoms with Gasteiger partial charge in [0.25, 0.3) is 5.91 Å². The maximum absolute atomic E-state index is 12.9. The summed E-state index contributed by atoms with van der Waals surface area (Å²) in [6.07, 6.45) is 3.24. The minimum atomic E-state index is -0.192. The Balaban J connectivity index is 1.54. The molecule has 1 aliphatic rings. The molecule has 148 valence electrons. The lowest BCUT2D eigenvalue weighted by atomic mass is 9.98. The third-order valence-corrected chi connectivity index (χ3v) is 4.83. The Morgan fingerprint density at radius 3 is 2.69 bits per heavy atom. The van der Waals surface area contributed by atoms with Crippen LogP contribution in [0.25, 0.3) is 0 Å². The van der Waals surface area contributed by atoms with Crippen LogP contribution in [-0.2, 0) is 0 Å². The van der Waals surface area contributed by atoms with Crippen LogP contribution in [0.2, 0.25) is 0 Å². The van der Waals surface area contributed by atoms with E-state index in [1.807, 2.05) is 43.3 Å². The molecule has 0 fully saturated rings.